The van der Waals surface area contributed by atoms with Crippen LogP contribution in [0.4, 0.5) is 14.9 Å². The summed E-state index contributed by atoms with van der Waals surface area (Å²) in [6, 6.07) is 8.98. The number of nitrogens with one attached hydrogen (secondary N) is 2. The number of aryl methyl sites for hydroxylation is 1. The van der Waals surface area contributed by atoms with E-state index in [-0.39, 0.29) is 6.54 Å². The van der Waals surface area contributed by atoms with Crippen LogP contribution in [0.5, 0.6) is 0 Å². The molecule has 2 aromatic carbocycles. The Morgan fingerprint density at radius 2 is 2.04 bits per heavy atom. The van der Waals surface area contributed by atoms with Gasteiger partial charge in [0.25, 0.3) is 0 Å². The van der Waals surface area contributed by atoms with E-state index in [1.54, 1.807) is 41.1 Å². The number of carbonyl (C=O) groups is 1. The van der Waals surface area contributed by atoms with Gasteiger partial charge in [-0.1, -0.05) is 29.3 Å². The largest absolute Gasteiger partial charge is 0.334 e. The van der Waals surface area contributed by atoms with Crippen molar-refractivity contribution in [3.63, 3.8) is 0 Å². The van der Waals surface area contributed by atoms with Crippen LogP contribution in [0.3, 0.4) is 0 Å². The van der Waals surface area contributed by atoms with Gasteiger partial charge in [0.15, 0.2) is 0 Å². The van der Waals surface area contributed by atoms with Crippen molar-refractivity contribution in [2.75, 3.05) is 5.32 Å². The number of hydrogen-bond donors (Lipinski definition) is 2. The van der Waals surface area contributed by atoms with Gasteiger partial charge in [-0.3, -0.25) is 0 Å². The Balaban J connectivity index is 1.63. The summed E-state index contributed by atoms with van der Waals surface area (Å²) < 4.78 is 15.9. The van der Waals surface area contributed by atoms with Crippen LogP contribution >= 0.6 is 23.2 Å². The Bertz CT molecular complexity index is 958. The molecule has 3 rings (SSSR count). The lowest BCUT2D eigenvalue weighted by Crippen LogP contribution is -2.28. The van der Waals surface area contributed by atoms with Gasteiger partial charge >= 0.3 is 6.03 Å². The fraction of sp³-hybridized carbons (Fsp3) is 0.111. The molecule has 134 valence electrons. The van der Waals surface area contributed by atoms with Crippen molar-refractivity contribution in [1.29, 1.82) is 0 Å². The highest BCUT2D eigenvalue weighted by Gasteiger charge is 2.09. The number of urea groups is 1. The molecular formula is C18H15Cl2FN4O. The van der Waals surface area contributed by atoms with E-state index in [1.807, 2.05) is 6.92 Å². The fourth-order valence-corrected chi connectivity index (χ4v) is 2.84. The van der Waals surface area contributed by atoms with E-state index in [9.17, 15) is 9.18 Å². The van der Waals surface area contributed by atoms with Crippen LogP contribution in [-0.2, 0) is 6.54 Å². The van der Waals surface area contributed by atoms with E-state index in [0.717, 1.165) is 11.3 Å². The Hall–Kier alpha value is -2.57. The van der Waals surface area contributed by atoms with Crippen LogP contribution in [-0.4, -0.2) is 15.6 Å². The second-order valence-corrected chi connectivity index (χ2v) is 6.48. The monoisotopic (exact) mass is 392 g/mol. The normalized spacial score (nSPS) is 10.6. The summed E-state index contributed by atoms with van der Waals surface area (Å²) in [5, 5.41) is 6.23. The van der Waals surface area contributed by atoms with Crippen LogP contribution in [0.15, 0.2) is 48.9 Å². The second-order valence-electron chi connectivity index (χ2n) is 5.63. The first-order valence-electron chi connectivity index (χ1n) is 7.71. The van der Waals surface area contributed by atoms with Gasteiger partial charge in [0, 0.05) is 28.5 Å². The number of nitrogens with zero attached hydrogens (tertiary/aromatic N) is 2. The first-order valence-corrected chi connectivity index (χ1v) is 8.47. The van der Waals surface area contributed by atoms with Gasteiger partial charge in [0.1, 0.15) is 5.82 Å². The number of anilines is 1. The van der Waals surface area contributed by atoms with E-state index in [0.29, 0.717) is 21.4 Å². The minimum absolute atomic E-state index is 0.219. The zero-order chi connectivity index (χ0) is 18.7. The standard InChI is InChI=1S/C18H15Cl2FN4O/c1-11-9-25(10-23-11)17-5-4-14(7-16(17)21)24-18(26)22-8-12-2-3-13(19)6-15(12)20/h2-7,9-10H,8H2,1H3,(H2,22,24,26). The van der Waals surface area contributed by atoms with Crippen LogP contribution in [0.1, 0.15) is 11.3 Å². The molecule has 1 heterocycles. The third kappa shape index (κ3) is 4.33. The molecule has 0 aliphatic heterocycles. The number of halogens is 3. The highest BCUT2D eigenvalue weighted by molar-refractivity contribution is 6.35. The molecule has 0 fully saturated rings. The van der Waals surface area contributed by atoms with Crippen LogP contribution in [0.25, 0.3) is 5.69 Å². The summed E-state index contributed by atoms with van der Waals surface area (Å²) in [5.41, 5.74) is 2.20. The number of benzene rings is 2. The third-order valence-corrected chi connectivity index (χ3v) is 4.24. The number of imidazole rings is 1. The Kier molecular flexibility index (Phi) is 5.44. The molecule has 2 amide bonds. The van der Waals surface area contributed by atoms with Gasteiger partial charge in [-0.05, 0) is 42.8 Å². The van der Waals surface area contributed by atoms with Crippen molar-refractivity contribution in [2.45, 2.75) is 13.5 Å². The van der Waals surface area contributed by atoms with Crippen LogP contribution in [0.2, 0.25) is 10.0 Å². The Morgan fingerprint density at radius 1 is 1.23 bits per heavy atom. The minimum atomic E-state index is -0.471. The predicted octanol–water partition coefficient (Wildman–Crippen LogP) is 4.95. The molecule has 0 spiro atoms. The summed E-state index contributed by atoms with van der Waals surface area (Å²) in [6.07, 6.45) is 3.25. The van der Waals surface area contributed by atoms with Crippen LogP contribution in [0, 0.1) is 12.7 Å². The minimum Gasteiger partial charge on any atom is -0.334 e. The predicted molar refractivity (Wildman–Crippen MR) is 101 cm³/mol. The highest BCUT2D eigenvalue weighted by atomic mass is 35.5. The summed E-state index contributed by atoms with van der Waals surface area (Å²) in [7, 11) is 0. The number of amides is 2. The maximum Gasteiger partial charge on any atom is 0.319 e. The number of aromatic nitrogens is 2. The molecular weight excluding hydrogens is 378 g/mol. The third-order valence-electron chi connectivity index (χ3n) is 3.65. The van der Waals surface area contributed by atoms with Crippen molar-refractivity contribution in [3.8, 4) is 5.69 Å². The van der Waals surface area contributed by atoms with Crippen LogP contribution < -0.4 is 10.6 Å². The van der Waals surface area contributed by atoms with Crippen molar-refractivity contribution >= 4 is 34.9 Å². The number of hydrogen-bond acceptors (Lipinski definition) is 2. The van der Waals surface area contributed by atoms with E-state index in [4.69, 9.17) is 23.2 Å². The first-order chi connectivity index (χ1) is 12.4. The maximum atomic E-state index is 14.3. The fourth-order valence-electron chi connectivity index (χ4n) is 2.36. The molecule has 0 radical (unpaired) electrons. The summed E-state index contributed by atoms with van der Waals surface area (Å²) >= 11 is 11.9. The molecule has 5 nitrogen and oxygen atoms in total. The van der Waals surface area contributed by atoms with Gasteiger partial charge in [-0.2, -0.15) is 0 Å². The molecule has 26 heavy (non-hydrogen) atoms. The molecule has 2 N–H and O–H groups in total. The van der Waals surface area contributed by atoms with E-state index >= 15 is 0 Å². The summed E-state index contributed by atoms with van der Waals surface area (Å²) in [5.74, 6) is -0.471. The Morgan fingerprint density at radius 3 is 2.69 bits per heavy atom. The van der Waals surface area contributed by atoms with Gasteiger partial charge < -0.3 is 15.2 Å². The van der Waals surface area contributed by atoms with Crippen molar-refractivity contribution < 1.29 is 9.18 Å². The van der Waals surface area contributed by atoms with Gasteiger partial charge in [-0.15, -0.1) is 0 Å². The molecule has 0 atom stereocenters. The lowest BCUT2D eigenvalue weighted by Gasteiger charge is -2.10. The summed E-state index contributed by atoms with van der Waals surface area (Å²) in [6.45, 7) is 2.04. The average molecular weight is 393 g/mol. The van der Waals surface area contributed by atoms with Crippen molar-refractivity contribution in [2.24, 2.45) is 0 Å². The zero-order valence-corrected chi connectivity index (χ0v) is 15.3. The Labute approximate surface area is 159 Å². The first kappa shape index (κ1) is 18.2. The molecule has 0 saturated heterocycles. The highest BCUT2D eigenvalue weighted by Crippen LogP contribution is 2.21. The lowest BCUT2D eigenvalue weighted by atomic mass is 10.2. The topological polar surface area (TPSA) is 59.0 Å². The number of carbonyl (C=O) groups excluding carboxylic acids is 1. The van der Waals surface area contributed by atoms with Crippen molar-refractivity contribution in [1.82, 2.24) is 14.9 Å². The molecule has 0 saturated carbocycles. The maximum absolute atomic E-state index is 14.3. The second kappa shape index (κ2) is 7.76. The quantitative estimate of drug-likeness (QED) is 0.659. The molecule has 1 aromatic heterocycles. The molecule has 8 heteroatoms. The smallest absolute Gasteiger partial charge is 0.319 e. The van der Waals surface area contributed by atoms with Crippen molar-refractivity contribution in [3.05, 3.63) is 76.0 Å². The van der Waals surface area contributed by atoms with Gasteiger partial charge in [-0.25, -0.2) is 14.2 Å². The lowest BCUT2D eigenvalue weighted by molar-refractivity contribution is 0.251. The molecule has 0 aliphatic rings. The summed E-state index contributed by atoms with van der Waals surface area (Å²) in [4.78, 5) is 16.1. The average Bonchev–Trinajstić information content (AvgIpc) is 3.00. The number of rotatable bonds is 4. The van der Waals surface area contributed by atoms with E-state index in [2.05, 4.69) is 15.6 Å². The van der Waals surface area contributed by atoms with E-state index < -0.39 is 11.8 Å². The molecule has 0 aliphatic carbocycles. The van der Waals surface area contributed by atoms with E-state index in [1.165, 1.54) is 12.4 Å². The van der Waals surface area contributed by atoms with Gasteiger partial charge in [0.2, 0.25) is 0 Å². The molecule has 0 unspecified atom stereocenters. The van der Waals surface area contributed by atoms with Gasteiger partial charge in [0.05, 0.1) is 17.7 Å². The zero-order valence-electron chi connectivity index (χ0n) is 13.8. The molecule has 0 bridgehead atoms. The molecule has 3 aromatic rings. The SMILES string of the molecule is Cc1cn(-c2ccc(NC(=O)NCc3ccc(Cl)cc3Cl)cc2F)cn1.